The monoisotopic (exact) mass is 260 g/mol. The Morgan fingerprint density at radius 2 is 2.11 bits per heavy atom. The van der Waals surface area contributed by atoms with Gasteiger partial charge in [0.05, 0.1) is 0 Å². The van der Waals surface area contributed by atoms with Gasteiger partial charge in [0.1, 0.15) is 24.0 Å². The number of aryl methyl sites for hydroxylation is 1. The average Bonchev–Trinajstić information content (AvgIpc) is 2.37. The Balaban J connectivity index is 2.08. The van der Waals surface area contributed by atoms with Gasteiger partial charge in [-0.1, -0.05) is 0 Å². The van der Waals surface area contributed by atoms with E-state index in [1.54, 1.807) is 6.92 Å². The Kier molecular flexibility index (Phi) is 4.15. The largest absolute Gasteiger partial charge is 0.492 e. The Hall–Kier alpha value is -2.34. The van der Waals surface area contributed by atoms with Gasteiger partial charge in [0.2, 0.25) is 0 Å². The van der Waals surface area contributed by atoms with E-state index in [0.717, 1.165) is 11.4 Å². The maximum Gasteiger partial charge on any atom is 0.252 e. The minimum Gasteiger partial charge on any atom is -0.492 e. The van der Waals surface area contributed by atoms with Crippen molar-refractivity contribution >= 4 is 11.5 Å². The van der Waals surface area contributed by atoms with Crippen molar-refractivity contribution in [3.8, 4) is 5.75 Å². The molecule has 0 spiro atoms. The molecule has 0 radical (unpaired) electrons. The van der Waals surface area contributed by atoms with E-state index < -0.39 is 0 Å². The molecule has 2 rings (SSSR count). The Morgan fingerprint density at radius 1 is 1.37 bits per heavy atom. The third-order valence-corrected chi connectivity index (χ3v) is 2.37. The summed E-state index contributed by atoms with van der Waals surface area (Å²) in [6.07, 6.45) is 0. The smallest absolute Gasteiger partial charge is 0.252 e. The Bertz CT molecular complexity index is 592. The van der Waals surface area contributed by atoms with Gasteiger partial charge in [-0.15, -0.1) is 0 Å². The van der Waals surface area contributed by atoms with Crippen LogP contribution in [0.3, 0.4) is 0 Å². The summed E-state index contributed by atoms with van der Waals surface area (Å²) in [5, 5.41) is 3.06. The molecule has 1 aromatic heterocycles. The predicted octanol–water partition coefficient (Wildman–Crippen LogP) is 1.16. The van der Waals surface area contributed by atoms with E-state index in [2.05, 4.69) is 15.3 Å². The van der Waals surface area contributed by atoms with E-state index in [9.17, 15) is 4.79 Å². The zero-order chi connectivity index (χ0) is 13.7. The van der Waals surface area contributed by atoms with E-state index in [-0.39, 0.29) is 5.56 Å². The fraction of sp³-hybridized carbons (Fsp3) is 0.231. The van der Waals surface area contributed by atoms with Crippen LogP contribution < -0.4 is 21.3 Å². The summed E-state index contributed by atoms with van der Waals surface area (Å²) in [7, 11) is 0. The summed E-state index contributed by atoms with van der Waals surface area (Å²) in [4.78, 5) is 18.1. The molecule has 0 unspecified atom stereocenters. The summed E-state index contributed by atoms with van der Waals surface area (Å²) in [6, 6.07) is 8.77. The number of benzene rings is 1. The molecule has 6 nitrogen and oxygen atoms in total. The van der Waals surface area contributed by atoms with E-state index in [4.69, 9.17) is 10.5 Å². The highest BCUT2D eigenvalue weighted by molar-refractivity contribution is 5.56. The number of ether oxygens (including phenoxy) is 1. The number of rotatable bonds is 5. The fourth-order valence-electron chi connectivity index (χ4n) is 1.60. The number of hydrogen-bond donors (Lipinski definition) is 3. The second kappa shape index (κ2) is 6.01. The molecule has 0 aliphatic carbocycles. The molecule has 0 saturated heterocycles. The number of nitrogens with two attached hydrogens (primary N) is 1. The molecule has 0 fully saturated rings. The lowest BCUT2D eigenvalue weighted by Gasteiger charge is -2.08. The summed E-state index contributed by atoms with van der Waals surface area (Å²) in [5.41, 5.74) is 6.01. The molecule has 19 heavy (non-hydrogen) atoms. The van der Waals surface area contributed by atoms with Crippen molar-refractivity contribution in [2.75, 3.05) is 18.5 Å². The lowest BCUT2D eigenvalue weighted by atomic mass is 10.3. The Labute approximate surface area is 110 Å². The molecule has 0 atom stereocenters. The molecular formula is C13H16N4O2. The van der Waals surface area contributed by atoms with Gasteiger partial charge in [0.15, 0.2) is 0 Å². The summed E-state index contributed by atoms with van der Waals surface area (Å²) < 4.78 is 5.38. The first-order chi connectivity index (χ1) is 9.17. The van der Waals surface area contributed by atoms with Crippen molar-refractivity contribution in [2.45, 2.75) is 6.92 Å². The van der Waals surface area contributed by atoms with Crippen molar-refractivity contribution < 1.29 is 4.74 Å². The third kappa shape index (κ3) is 3.82. The number of hydrogen-bond acceptors (Lipinski definition) is 5. The van der Waals surface area contributed by atoms with Crippen LogP contribution in [0.1, 0.15) is 5.82 Å². The number of aromatic amines is 1. The number of nitrogens with zero attached hydrogens (tertiary/aromatic N) is 1. The van der Waals surface area contributed by atoms with Gasteiger partial charge in [0.25, 0.3) is 5.56 Å². The summed E-state index contributed by atoms with van der Waals surface area (Å²) >= 11 is 0. The van der Waals surface area contributed by atoms with Crippen LogP contribution >= 0.6 is 0 Å². The van der Waals surface area contributed by atoms with Gasteiger partial charge in [0, 0.05) is 18.3 Å². The predicted molar refractivity (Wildman–Crippen MR) is 73.9 cm³/mol. The van der Waals surface area contributed by atoms with Gasteiger partial charge in [-0.05, 0) is 31.2 Å². The first-order valence-corrected chi connectivity index (χ1v) is 5.95. The van der Waals surface area contributed by atoms with Crippen LogP contribution in [0, 0.1) is 6.92 Å². The molecule has 6 heteroatoms. The lowest BCUT2D eigenvalue weighted by molar-refractivity contribution is 0.328. The van der Waals surface area contributed by atoms with Crippen LogP contribution in [0.2, 0.25) is 0 Å². The molecule has 0 bridgehead atoms. The van der Waals surface area contributed by atoms with E-state index in [1.165, 1.54) is 6.07 Å². The minimum absolute atomic E-state index is 0.183. The van der Waals surface area contributed by atoms with Crippen molar-refractivity contribution in [1.82, 2.24) is 9.97 Å². The zero-order valence-corrected chi connectivity index (χ0v) is 10.6. The maximum absolute atomic E-state index is 11.3. The van der Waals surface area contributed by atoms with E-state index in [0.29, 0.717) is 24.8 Å². The van der Waals surface area contributed by atoms with E-state index >= 15 is 0 Å². The van der Waals surface area contributed by atoms with Crippen molar-refractivity contribution in [3.63, 3.8) is 0 Å². The maximum atomic E-state index is 11.3. The van der Waals surface area contributed by atoms with Gasteiger partial charge in [-0.3, -0.25) is 4.79 Å². The molecule has 100 valence electrons. The lowest BCUT2D eigenvalue weighted by Crippen LogP contribution is -2.10. The van der Waals surface area contributed by atoms with Crippen LogP contribution in [-0.2, 0) is 0 Å². The molecule has 0 aliphatic rings. The van der Waals surface area contributed by atoms with Crippen molar-refractivity contribution in [2.24, 2.45) is 5.73 Å². The van der Waals surface area contributed by atoms with Gasteiger partial charge < -0.3 is 20.8 Å². The SMILES string of the molecule is Cc1nc(Nc2ccc(OCCN)cc2)cc(=O)[nH]1. The van der Waals surface area contributed by atoms with Crippen LogP contribution in [-0.4, -0.2) is 23.1 Å². The van der Waals surface area contributed by atoms with Crippen LogP contribution in [0.4, 0.5) is 11.5 Å². The third-order valence-electron chi connectivity index (χ3n) is 2.37. The quantitative estimate of drug-likeness (QED) is 0.750. The normalized spacial score (nSPS) is 10.2. The van der Waals surface area contributed by atoms with Crippen LogP contribution in [0.5, 0.6) is 5.75 Å². The Morgan fingerprint density at radius 3 is 2.74 bits per heavy atom. The topological polar surface area (TPSA) is 93.0 Å². The summed E-state index contributed by atoms with van der Waals surface area (Å²) in [6.45, 7) is 2.70. The molecular weight excluding hydrogens is 244 g/mol. The van der Waals surface area contributed by atoms with Crippen LogP contribution in [0.25, 0.3) is 0 Å². The highest BCUT2D eigenvalue weighted by Gasteiger charge is 1.99. The first-order valence-electron chi connectivity index (χ1n) is 5.95. The zero-order valence-electron chi connectivity index (χ0n) is 10.6. The standard InChI is InChI=1S/C13H16N4O2/c1-9-15-12(8-13(18)16-9)17-10-2-4-11(5-3-10)19-7-6-14/h2-5,8H,6-7,14H2,1H3,(H2,15,16,17,18). The highest BCUT2D eigenvalue weighted by Crippen LogP contribution is 2.18. The number of aromatic nitrogens is 2. The number of nitrogens with one attached hydrogen (secondary N) is 2. The van der Waals surface area contributed by atoms with Gasteiger partial charge in [-0.25, -0.2) is 4.98 Å². The number of anilines is 2. The van der Waals surface area contributed by atoms with Gasteiger partial charge >= 0.3 is 0 Å². The molecule has 0 saturated carbocycles. The van der Waals surface area contributed by atoms with Gasteiger partial charge in [-0.2, -0.15) is 0 Å². The van der Waals surface area contributed by atoms with Crippen molar-refractivity contribution in [3.05, 3.63) is 46.5 Å². The second-order valence-electron chi connectivity index (χ2n) is 4.00. The van der Waals surface area contributed by atoms with Crippen molar-refractivity contribution in [1.29, 1.82) is 0 Å². The highest BCUT2D eigenvalue weighted by atomic mass is 16.5. The summed E-state index contributed by atoms with van der Waals surface area (Å²) in [5.74, 6) is 1.83. The molecule has 0 aliphatic heterocycles. The first kappa shape index (κ1) is 13.1. The molecule has 1 heterocycles. The van der Waals surface area contributed by atoms with Crippen LogP contribution in [0.15, 0.2) is 35.1 Å². The molecule has 2 aromatic rings. The molecule has 1 aromatic carbocycles. The average molecular weight is 260 g/mol. The fourth-order valence-corrected chi connectivity index (χ4v) is 1.60. The number of H-pyrrole nitrogens is 1. The minimum atomic E-state index is -0.183. The molecule has 4 N–H and O–H groups in total. The second-order valence-corrected chi connectivity index (χ2v) is 4.00. The van der Waals surface area contributed by atoms with E-state index in [1.807, 2.05) is 24.3 Å². The molecule has 0 amide bonds.